The number of carbonyl (C=O) groups is 3. The second-order valence-electron chi connectivity index (χ2n) is 9.24. The first kappa shape index (κ1) is 25.4. The van der Waals surface area contributed by atoms with Gasteiger partial charge in [0.05, 0.1) is 6.61 Å². The van der Waals surface area contributed by atoms with E-state index in [1.165, 1.54) is 6.42 Å². The highest BCUT2D eigenvalue weighted by Crippen LogP contribution is 2.33. The van der Waals surface area contributed by atoms with Crippen molar-refractivity contribution in [1.82, 2.24) is 4.57 Å². The van der Waals surface area contributed by atoms with E-state index in [2.05, 4.69) is 18.4 Å². The minimum absolute atomic E-state index is 0.0495. The monoisotopic (exact) mass is 483 g/mol. The summed E-state index contributed by atoms with van der Waals surface area (Å²) in [5.41, 5.74) is 3.52. The number of unbranched alkanes of at least 4 members (excludes halogenated alkanes) is 1. The lowest BCUT2D eigenvalue weighted by atomic mass is 9.99. The van der Waals surface area contributed by atoms with Crippen LogP contribution >= 0.6 is 0 Å². The third kappa shape index (κ3) is 5.11. The van der Waals surface area contributed by atoms with Gasteiger partial charge in [-0.25, -0.2) is 4.79 Å². The molecule has 0 fully saturated rings. The van der Waals surface area contributed by atoms with Crippen LogP contribution in [-0.2, 0) is 16.1 Å². The molecule has 3 aromatic carbocycles. The van der Waals surface area contributed by atoms with Crippen LogP contribution in [-0.4, -0.2) is 28.7 Å². The Morgan fingerprint density at radius 3 is 2.06 bits per heavy atom. The maximum atomic E-state index is 13.2. The van der Waals surface area contributed by atoms with Crippen molar-refractivity contribution in [2.24, 2.45) is 5.92 Å². The highest BCUT2D eigenvalue weighted by Gasteiger charge is 2.21. The molecule has 1 aromatic heterocycles. The molecule has 0 saturated heterocycles. The first-order chi connectivity index (χ1) is 17.5. The van der Waals surface area contributed by atoms with E-state index in [1.807, 2.05) is 54.6 Å². The predicted octanol–water partition coefficient (Wildman–Crippen LogP) is 6.99. The zero-order valence-corrected chi connectivity index (χ0v) is 21.3. The molecule has 0 aliphatic rings. The summed E-state index contributed by atoms with van der Waals surface area (Å²) in [5, 5.41) is 1.75. The smallest absolute Gasteiger partial charge is 0.379 e. The van der Waals surface area contributed by atoms with Crippen molar-refractivity contribution in [3.8, 4) is 0 Å². The number of hydrogen-bond donors (Lipinski definition) is 0. The van der Waals surface area contributed by atoms with Gasteiger partial charge in [-0.1, -0.05) is 63.4 Å². The Hall–Kier alpha value is -3.73. The van der Waals surface area contributed by atoms with Gasteiger partial charge in [-0.2, -0.15) is 0 Å². The minimum Gasteiger partial charge on any atom is -0.460 e. The summed E-state index contributed by atoms with van der Waals surface area (Å²) in [6, 6.07) is 20.4. The number of benzene rings is 3. The third-order valence-electron chi connectivity index (χ3n) is 6.87. The number of carbonyl (C=O) groups excluding carboxylic acids is 3. The number of ether oxygens (including phenoxy) is 1. The molecule has 0 spiro atoms. The molecular weight excluding hydrogens is 450 g/mol. The van der Waals surface area contributed by atoms with Crippen molar-refractivity contribution in [2.45, 2.75) is 53.0 Å². The average molecular weight is 484 g/mol. The zero-order chi connectivity index (χ0) is 25.7. The van der Waals surface area contributed by atoms with Crippen LogP contribution in [0.4, 0.5) is 0 Å². The van der Waals surface area contributed by atoms with Crippen molar-refractivity contribution >= 4 is 39.3 Å². The molecule has 5 nitrogen and oxygen atoms in total. The van der Waals surface area contributed by atoms with E-state index in [0.717, 1.165) is 47.6 Å². The Balaban J connectivity index is 1.86. The van der Waals surface area contributed by atoms with E-state index in [9.17, 15) is 14.4 Å². The van der Waals surface area contributed by atoms with E-state index < -0.39 is 11.8 Å². The number of esters is 1. The van der Waals surface area contributed by atoms with Crippen LogP contribution < -0.4 is 0 Å². The van der Waals surface area contributed by atoms with Gasteiger partial charge in [0.15, 0.2) is 5.78 Å². The molecule has 186 valence electrons. The number of ketones is 2. The van der Waals surface area contributed by atoms with Crippen molar-refractivity contribution in [3.05, 3.63) is 83.4 Å². The average Bonchev–Trinajstić information content (AvgIpc) is 3.22. The van der Waals surface area contributed by atoms with Crippen LogP contribution in [0.25, 0.3) is 21.8 Å². The molecule has 0 aliphatic heterocycles. The standard InChI is InChI=1S/C31H33NO4/c1-4-7-11-21(5-2)20-32-27-16-14-23(29(33)22-12-9-8-10-13-22)18-25(27)26-19-24(15-17-28(26)32)30(34)31(35)36-6-3/h8-10,12-19,21H,4-7,11,20H2,1-3H3. The molecule has 4 rings (SSSR count). The highest BCUT2D eigenvalue weighted by atomic mass is 16.5. The lowest BCUT2D eigenvalue weighted by molar-refractivity contribution is -0.137. The second kappa shape index (κ2) is 11.3. The van der Waals surface area contributed by atoms with Gasteiger partial charge in [0.2, 0.25) is 0 Å². The SMILES string of the molecule is CCCCC(CC)Cn1c2ccc(C(=O)C(=O)OCC)cc2c2cc(C(=O)c3ccccc3)ccc21. The van der Waals surface area contributed by atoms with Gasteiger partial charge in [-0.15, -0.1) is 0 Å². The van der Waals surface area contributed by atoms with Gasteiger partial charge >= 0.3 is 5.97 Å². The second-order valence-corrected chi connectivity index (χ2v) is 9.24. The summed E-state index contributed by atoms with van der Waals surface area (Å²) in [5.74, 6) is -1.04. The van der Waals surface area contributed by atoms with Gasteiger partial charge in [-0.05, 0) is 55.7 Å². The number of rotatable bonds is 11. The molecule has 0 aliphatic carbocycles. The number of hydrogen-bond acceptors (Lipinski definition) is 4. The molecule has 1 unspecified atom stereocenters. The van der Waals surface area contributed by atoms with Gasteiger partial charge < -0.3 is 9.30 Å². The number of aromatic nitrogens is 1. The quantitative estimate of drug-likeness (QED) is 0.131. The van der Waals surface area contributed by atoms with E-state index in [0.29, 0.717) is 17.0 Å². The summed E-state index contributed by atoms with van der Waals surface area (Å²) in [6.45, 7) is 7.11. The van der Waals surface area contributed by atoms with Gasteiger partial charge in [-0.3, -0.25) is 9.59 Å². The van der Waals surface area contributed by atoms with Gasteiger partial charge in [0.1, 0.15) is 0 Å². The Kier molecular flexibility index (Phi) is 7.99. The summed E-state index contributed by atoms with van der Waals surface area (Å²) < 4.78 is 7.22. The molecule has 0 saturated carbocycles. The van der Waals surface area contributed by atoms with E-state index in [1.54, 1.807) is 19.1 Å². The topological polar surface area (TPSA) is 65.4 Å². The highest BCUT2D eigenvalue weighted by molar-refractivity contribution is 6.41. The van der Waals surface area contributed by atoms with Crippen LogP contribution in [0.15, 0.2) is 66.7 Å². The Morgan fingerprint density at radius 1 is 0.806 bits per heavy atom. The molecule has 1 heterocycles. The van der Waals surface area contributed by atoms with E-state index in [-0.39, 0.29) is 18.0 Å². The van der Waals surface area contributed by atoms with Crippen LogP contribution in [0.5, 0.6) is 0 Å². The zero-order valence-electron chi connectivity index (χ0n) is 21.3. The molecule has 4 aromatic rings. The summed E-state index contributed by atoms with van der Waals surface area (Å²) in [6.07, 6.45) is 4.57. The maximum absolute atomic E-state index is 13.2. The number of Topliss-reactive ketones (excluding diaryl/α,β-unsaturated/α-hetero) is 1. The molecule has 36 heavy (non-hydrogen) atoms. The van der Waals surface area contributed by atoms with Gasteiger partial charge in [0, 0.05) is 45.0 Å². The van der Waals surface area contributed by atoms with Crippen LogP contribution in [0.1, 0.15) is 72.7 Å². The maximum Gasteiger partial charge on any atom is 0.379 e. The van der Waals surface area contributed by atoms with Crippen LogP contribution in [0.2, 0.25) is 0 Å². The van der Waals surface area contributed by atoms with Crippen molar-refractivity contribution in [3.63, 3.8) is 0 Å². The largest absolute Gasteiger partial charge is 0.460 e. The summed E-state index contributed by atoms with van der Waals surface area (Å²) in [4.78, 5) is 38.0. The lowest BCUT2D eigenvalue weighted by Gasteiger charge is -2.17. The summed E-state index contributed by atoms with van der Waals surface area (Å²) in [7, 11) is 0. The van der Waals surface area contributed by atoms with E-state index >= 15 is 0 Å². The molecular formula is C31H33NO4. The van der Waals surface area contributed by atoms with Crippen molar-refractivity contribution in [1.29, 1.82) is 0 Å². The Bertz CT molecular complexity index is 1400. The predicted molar refractivity (Wildman–Crippen MR) is 144 cm³/mol. The molecule has 0 amide bonds. The molecule has 1 atom stereocenters. The fourth-order valence-corrected chi connectivity index (χ4v) is 4.83. The molecule has 0 radical (unpaired) electrons. The first-order valence-electron chi connectivity index (χ1n) is 12.9. The van der Waals surface area contributed by atoms with Crippen LogP contribution in [0.3, 0.4) is 0 Å². The number of fused-ring (bicyclic) bond motifs is 3. The molecule has 0 bridgehead atoms. The van der Waals surface area contributed by atoms with E-state index in [4.69, 9.17) is 4.74 Å². The molecule has 0 N–H and O–H groups in total. The fourth-order valence-electron chi connectivity index (χ4n) is 4.83. The summed E-state index contributed by atoms with van der Waals surface area (Å²) >= 11 is 0. The fraction of sp³-hybridized carbons (Fsp3) is 0.323. The molecule has 5 heteroatoms. The van der Waals surface area contributed by atoms with Crippen molar-refractivity contribution < 1.29 is 19.1 Å². The number of nitrogens with zero attached hydrogens (tertiary/aromatic N) is 1. The minimum atomic E-state index is -0.855. The third-order valence-corrected chi connectivity index (χ3v) is 6.87. The normalized spacial score (nSPS) is 12.1. The van der Waals surface area contributed by atoms with Crippen molar-refractivity contribution in [2.75, 3.05) is 6.61 Å². The Labute approximate surface area is 212 Å². The van der Waals surface area contributed by atoms with Crippen LogP contribution in [0, 0.1) is 5.92 Å². The first-order valence-corrected chi connectivity index (χ1v) is 12.9. The Morgan fingerprint density at radius 2 is 1.44 bits per heavy atom. The van der Waals surface area contributed by atoms with Gasteiger partial charge in [0.25, 0.3) is 5.78 Å². The lowest BCUT2D eigenvalue weighted by Crippen LogP contribution is -2.17.